The summed E-state index contributed by atoms with van der Waals surface area (Å²) in [7, 11) is 0. The fourth-order valence-corrected chi connectivity index (χ4v) is 2.37. The van der Waals surface area contributed by atoms with E-state index in [1.54, 1.807) is 0 Å². The summed E-state index contributed by atoms with van der Waals surface area (Å²) in [6.45, 7) is 0.538. The maximum Gasteiger partial charge on any atom is 0.0835 e. The lowest BCUT2D eigenvalue weighted by molar-refractivity contribution is 0.801. The summed E-state index contributed by atoms with van der Waals surface area (Å²) in [4.78, 5) is 0. The average Bonchev–Trinajstić information content (AvgIpc) is 3.10. The Bertz CT molecular complexity index is 543. The standard InChI is InChI=1S/C13H14ClN3/c14-11-3-1-2-4-12(11)17-13(9-5-6-9)10(7-15)8-16-17/h1-4,8-9H,5-7,15H2. The number of aromatic nitrogens is 2. The van der Waals surface area contributed by atoms with E-state index in [2.05, 4.69) is 5.10 Å². The fourth-order valence-electron chi connectivity index (χ4n) is 2.16. The van der Waals surface area contributed by atoms with Crippen molar-refractivity contribution >= 4 is 11.6 Å². The van der Waals surface area contributed by atoms with Crippen LogP contribution >= 0.6 is 11.6 Å². The molecule has 3 nitrogen and oxygen atoms in total. The summed E-state index contributed by atoms with van der Waals surface area (Å²) in [5.74, 6) is 0.604. The number of hydrogen-bond donors (Lipinski definition) is 1. The summed E-state index contributed by atoms with van der Waals surface area (Å²) < 4.78 is 1.95. The van der Waals surface area contributed by atoms with Crippen LogP contribution in [0.15, 0.2) is 30.5 Å². The normalized spacial score (nSPS) is 15.2. The van der Waals surface area contributed by atoms with Gasteiger partial charge in [0.15, 0.2) is 0 Å². The highest BCUT2D eigenvalue weighted by molar-refractivity contribution is 6.32. The van der Waals surface area contributed by atoms with Crippen molar-refractivity contribution in [3.05, 3.63) is 46.7 Å². The third-order valence-electron chi connectivity index (χ3n) is 3.15. The Balaban J connectivity index is 2.14. The van der Waals surface area contributed by atoms with Crippen molar-refractivity contribution in [2.75, 3.05) is 0 Å². The van der Waals surface area contributed by atoms with Gasteiger partial charge in [0.25, 0.3) is 0 Å². The Kier molecular flexibility index (Phi) is 2.65. The molecule has 0 unspecified atom stereocenters. The number of nitrogens with zero attached hydrogens (tertiary/aromatic N) is 2. The van der Waals surface area contributed by atoms with Crippen LogP contribution < -0.4 is 5.73 Å². The Labute approximate surface area is 105 Å². The average molecular weight is 248 g/mol. The Hall–Kier alpha value is -1.32. The molecule has 1 aliphatic carbocycles. The van der Waals surface area contributed by atoms with Crippen molar-refractivity contribution in [2.45, 2.75) is 25.3 Å². The zero-order valence-electron chi connectivity index (χ0n) is 9.44. The third kappa shape index (κ3) is 1.85. The lowest BCUT2D eigenvalue weighted by Crippen LogP contribution is -2.05. The minimum Gasteiger partial charge on any atom is -0.326 e. The number of benzene rings is 1. The zero-order valence-corrected chi connectivity index (χ0v) is 10.2. The molecule has 0 atom stereocenters. The van der Waals surface area contributed by atoms with Crippen LogP contribution in [-0.2, 0) is 6.54 Å². The van der Waals surface area contributed by atoms with Gasteiger partial charge in [-0.25, -0.2) is 4.68 Å². The summed E-state index contributed by atoms with van der Waals surface area (Å²) in [5, 5.41) is 5.15. The molecule has 0 saturated heterocycles. The number of rotatable bonds is 3. The molecule has 0 radical (unpaired) electrons. The molecule has 88 valence electrons. The second-order valence-electron chi connectivity index (χ2n) is 4.40. The first-order valence-corrected chi connectivity index (χ1v) is 6.21. The molecule has 0 amide bonds. The van der Waals surface area contributed by atoms with Crippen molar-refractivity contribution in [2.24, 2.45) is 5.73 Å². The molecule has 4 heteroatoms. The second-order valence-corrected chi connectivity index (χ2v) is 4.80. The van der Waals surface area contributed by atoms with Gasteiger partial charge in [0.2, 0.25) is 0 Å². The quantitative estimate of drug-likeness (QED) is 0.907. The van der Waals surface area contributed by atoms with Crippen LogP contribution in [0.3, 0.4) is 0 Å². The molecule has 2 N–H and O–H groups in total. The van der Waals surface area contributed by atoms with Gasteiger partial charge >= 0.3 is 0 Å². The molecule has 0 bridgehead atoms. The van der Waals surface area contributed by atoms with Crippen molar-refractivity contribution < 1.29 is 0 Å². The Morgan fingerprint density at radius 1 is 1.35 bits per heavy atom. The van der Waals surface area contributed by atoms with Crippen LogP contribution in [0, 0.1) is 0 Å². The molecule has 1 aromatic heterocycles. The lowest BCUT2D eigenvalue weighted by atomic mass is 10.1. The number of hydrogen-bond acceptors (Lipinski definition) is 2. The highest BCUT2D eigenvalue weighted by Crippen LogP contribution is 2.42. The van der Waals surface area contributed by atoms with E-state index in [-0.39, 0.29) is 0 Å². The van der Waals surface area contributed by atoms with Gasteiger partial charge < -0.3 is 5.73 Å². The lowest BCUT2D eigenvalue weighted by Gasteiger charge is -2.09. The van der Waals surface area contributed by atoms with Gasteiger partial charge in [-0.3, -0.25) is 0 Å². The minimum absolute atomic E-state index is 0.538. The smallest absolute Gasteiger partial charge is 0.0835 e. The topological polar surface area (TPSA) is 43.8 Å². The van der Waals surface area contributed by atoms with Gasteiger partial charge in [0.05, 0.1) is 22.6 Å². The third-order valence-corrected chi connectivity index (χ3v) is 3.47. The van der Waals surface area contributed by atoms with Crippen LogP contribution in [-0.4, -0.2) is 9.78 Å². The molecule has 0 aliphatic heterocycles. The van der Waals surface area contributed by atoms with E-state index in [0.717, 1.165) is 16.3 Å². The molecule has 1 heterocycles. The van der Waals surface area contributed by atoms with Crippen LogP contribution in [0.2, 0.25) is 5.02 Å². The largest absolute Gasteiger partial charge is 0.326 e. The second kappa shape index (κ2) is 4.17. The van der Waals surface area contributed by atoms with Crippen LogP contribution in [0.5, 0.6) is 0 Å². The SMILES string of the molecule is NCc1cnn(-c2ccccc2Cl)c1C1CC1. The van der Waals surface area contributed by atoms with Gasteiger partial charge in [-0.15, -0.1) is 0 Å². The molecule has 0 spiro atoms. The van der Waals surface area contributed by atoms with Crippen molar-refractivity contribution in [3.8, 4) is 5.69 Å². The molecular formula is C13H14ClN3. The first-order valence-electron chi connectivity index (χ1n) is 5.83. The molecule has 1 aliphatic rings. The zero-order chi connectivity index (χ0) is 11.8. The van der Waals surface area contributed by atoms with Gasteiger partial charge in [-0.1, -0.05) is 23.7 Å². The van der Waals surface area contributed by atoms with E-state index in [9.17, 15) is 0 Å². The minimum atomic E-state index is 0.538. The highest BCUT2D eigenvalue weighted by atomic mass is 35.5. The number of nitrogens with two attached hydrogens (primary N) is 1. The van der Waals surface area contributed by atoms with Gasteiger partial charge in [0.1, 0.15) is 0 Å². The van der Waals surface area contributed by atoms with Gasteiger partial charge in [-0.2, -0.15) is 5.10 Å². The van der Waals surface area contributed by atoms with Gasteiger partial charge in [0, 0.05) is 18.0 Å². The highest BCUT2D eigenvalue weighted by Gasteiger charge is 2.30. The molecule has 2 aromatic rings. The van der Waals surface area contributed by atoms with E-state index in [1.807, 2.05) is 35.1 Å². The summed E-state index contributed by atoms with van der Waals surface area (Å²) in [6.07, 6.45) is 4.31. The monoisotopic (exact) mass is 247 g/mol. The summed E-state index contributed by atoms with van der Waals surface area (Å²) in [6, 6.07) is 7.77. The van der Waals surface area contributed by atoms with Crippen LogP contribution in [0.25, 0.3) is 5.69 Å². The predicted molar refractivity (Wildman–Crippen MR) is 68.4 cm³/mol. The van der Waals surface area contributed by atoms with Crippen molar-refractivity contribution in [1.82, 2.24) is 9.78 Å². The maximum atomic E-state index is 6.22. The van der Waals surface area contributed by atoms with E-state index in [0.29, 0.717) is 12.5 Å². The van der Waals surface area contributed by atoms with E-state index in [1.165, 1.54) is 18.5 Å². The molecule has 1 saturated carbocycles. The first kappa shape index (κ1) is 10.8. The molecule has 3 rings (SSSR count). The first-order chi connectivity index (χ1) is 8.31. The summed E-state index contributed by atoms with van der Waals surface area (Å²) >= 11 is 6.22. The summed E-state index contributed by atoms with van der Waals surface area (Å²) in [5.41, 5.74) is 9.07. The van der Waals surface area contributed by atoms with Crippen molar-refractivity contribution in [3.63, 3.8) is 0 Å². The molecule has 17 heavy (non-hydrogen) atoms. The molecular weight excluding hydrogens is 234 g/mol. The predicted octanol–water partition coefficient (Wildman–Crippen LogP) is 2.86. The number of halogens is 1. The van der Waals surface area contributed by atoms with E-state index in [4.69, 9.17) is 17.3 Å². The molecule has 1 aromatic carbocycles. The number of para-hydroxylation sites is 1. The van der Waals surface area contributed by atoms with E-state index < -0.39 is 0 Å². The van der Waals surface area contributed by atoms with Crippen molar-refractivity contribution in [1.29, 1.82) is 0 Å². The van der Waals surface area contributed by atoms with Gasteiger partial charge in [-0.05, 0) is 25.0 Å². The van der Waals surface area contributed by atoms with Crippen LogP contribution in [0.4, 0.5) is 0 Å². The van der Waals surface area contributed by atoms with Crippen LogP contribution in [0.1, 0.15) is 30.0 Å². The Morgan fingerprint density at radius 3 is 2.76 bits per heavy atom. The fraction of sp³-hybridized carbons (Fsp3) is 0.308. The van der Waals surface area contributed by atoms with E-state index >= 15 is 0 Å². The maximum absolute atomic E-state index is 6.22. The Morgan fingerprint density at radius 2 is 2.12 bits per heavy atom. The molecule has 1 fully saturated rings.